The Bertz CT molecular complexity index is 672. The van der Waals surface area contributed by atoms with Crippen LogP contribution in [-0.2, 0) is 6.42 Å². The molecular weight excluding hydrogens is 252 g/mol. The minimum atomic E-state index is 0.678. The first-order valence-corrected chi connectivity index (χ1v) is 6.97. The maximum Gasteiger partial charge on any atom is 0.180 e. The molecule has 0 aliphatic carbocycles. The number of nitrogens with zero attached hydrogens (tertiary/aromatic N) is 3. The molecule has 3 rings (SSSR count). The number of hydrogen-bond donors (Lipinski definition) is 1. The molecule has 0 radical (unpaired) electrons. The van der Waals surface area contributed by atoms with Crippen molar-refractivity contribution in [3.8, 4) is 0 Å². The van der Waals surface area contributed by atoms with Crippen molar-refractivity contribution in [2.75, 3.05) is 12.0 Å². The van der Waals surface area contributed by atoms with Crippen LogP contribution in [0.1, 0.15) is 31.2 Å². The van der Waals surface area contributed by atoms with E-state index in [0.717, 1.165) is 41.9 Å². The van der Waals surface area contributed by atoms with E-state index in [1.165, 1.54) is 0 Å². The molecule has 0 aliphatic heterocycles. The first kappa shape index (κ1) is 12.7. The van der Waals surface area contributed by atoms with E-state index in [9.17, 15) is 0 Å². The highest BCUT2D eigenvalue weighted by molar-refractivity contribution is 5.78. The van der Waals surface area contributed by atoms with Gasteiger partial charge in [-0.2, -0.15) is 9.89 Å². The molecule has 104 valence electrons. The first-order valence-electron chi connectivity index (χ1n) is 6.97. The normalized spacial score (nSPS) is 11.1. The summed E-state index contributed by atoms with van der Waals surface area (Å²) in [5.74, 6) is 0.911. The van der Waals surface area contributed by atoms with Crippen molar-refractivity contribution < 1.29 is 4.42 Å². The molecule has 0 amide bonds. The van der Waals surface area contributed by atoms with E-state index < -0.39 is 0 Å². The van der Waals surface area contributed by atoms with E-state index in [2.05, 4.69) is 22.4 Å². The van der Waals surface area contributed by atoms with Gasteiger partial charge in [0.15, 0.2) is 5.65 Å². The lowest BCUT2D eigenvalue weighted by molar-refractivity contribution is 0.518. The summed E-state index contributed by atoms with van der Waals surface area (Å²) in [6, 6.07) is 7.84. The molecule has 0 saturated carbocycles. The Morgan fingerprint density at radius 2 is 2.25 bits per heavy atom. The van der Waals surface area contributed by atoms with Gasteiger partial charge in [-0.25, -0.2) is 4.98 Å². The first-order chi connectivity index (χ1) is 9.88. The number of aromatic nitrogens is 3. The number of nitrogens with one attached hydrogen (secondary N) is 1. The molecule has 0 unspecified atom stereocenters. The highest BCUT2D eigenvalue weighted by Gasteiger charge is 2.12. The molecule has 0 fully saturated rings. The molecule has 0 aromatic carbocycles. The standard InChI is InChI=1S/C15H18N4O/c1-2-3-9-17-19-15-13(7-4-8-16-15)14(18-19)11-12-6-5-10-20-12/h4-8,10,17H,2-3,9,11H2,1H3. The maximum absolute atomic E-state index is 5.40. The molecule has 20 heavy (non-hydrogen) atoms. The molecule has 0 atom stereocenters. The number of hydrogen-bond acceptors (Lipinski definition) is 4. The summed E-state index contributed by atoms with van der Waals surface area (Å²) in [6.45, 7) is 3.06. The van der Waals surface area contributed by atoms with Crippen LogP contribution in [0.5, 0.6) is 0 Å². The van der Waals surface area contributed by atoms with Crippen molar-refractivity contribution in [1.29, 1.82) is 0 Å². The van der Waals surface area contributed by atoms with Gasteiger partial charge >= 0.3 is 0 Å². The lowest BCUT2D eigenvalue weighted by atomic mass is 10.2. The van der Waals surface area contributed by atoms with Crippen LogP contribution in [-0.4, -0.2) is 21.4 Å². The average Bonchev–Trinajstić information content (AvgIpc) is 3.09. The van der Waals surface area contributed by atoms with Gasteiger partial charge in [-0.3, -0.25) is 0 Å². The van der Waals surface area contributed by atoms with E-state index in [1.54, 1.807) is 17.3 Å². The van der Waals surface area contributed by atoms with Gasteiger partial charge in [-0.05, 0) is 30.7 Å². The second kappa shape index (κ2) is 5.77. The SMILES string of the molecule is CCCCNn1nc(Cc2ccco2)c2cccnc21. The summed E-state index contributed by atoms with van der Waals surface area (Å²) in [4.78, 5) is 6.20. The van der Waals surface area contributed by atoms with Crippen LogP contribution in [0.15, 0.2) is 41.1 Å². The van der Waals surface area contributed by atoms with Crippen LogP contribution < -0.4 is 5.43 Å². The van der Waals surface area contributed by atoms with Crippen molar-refractivity contribution in [2.45, 2.75) is 26.2 Å². The van der Waals surface area contributed by atoms with Gasteiger partial charge in [0, 0.05) is 18.1 Å². The Balaban J connectivity index is 1.91. The van der Waals surface area contributed by atoms with Crippen LogP contribution in [0, 0.1) is 0 Å². The Kier molecular flexibility index (Phi) is 3.67. The molecule has 1 N–H and O–H groups in total. The zero-order valence-corrected chi connectivity index (χ0v) is 11.5. The van der Waals surface area contributed by atoms with Gasteiger partial charge in [-0.15, -0.1) is 0 Å². The quantitative estimate of drug-likeness (QED) is 0.700. The molecule has 3 aromatic heterocycles. The summed E-state index contributed by atoms with van der Waals surface area (Å²) in [5.41, 5.74) is 5.15. The van der Waals surface area contributed by atoms with E-state index in [0.29, 0.717) is 6.42 Å². The van der Waals surface area contributed by atoms with Crippen molar-refractivity contribution in [3.05, 3.63) is 48.2 Å². The smallest absolute Gasteiger partial charge is 0.180 e. The molecule has 3 heterocycles. The van der Waals surface area contributed by atoms with Crippen molar-refractivity contribution in [3.63, 3.8) is 0 Å². The lowest BCUT2D eigenvalue weighted by Gasteiger charge is -2.05. The lowest BCUT2D eigenvalue weighted by Crippen LogP contribution is -2.17. The van der Waals surface area contributed by atoms with Crippen molar-refractivity contribution in [1.82, 2.24) is 14.9 Å². The largest absolute Gasteiger partial charge is 0.469 e. The fraction of sp³-hybridized carbons (Fsp3) is 0.333. The monoisotopic (exact) mass is 270 g/mol. The number of pyridine rings is 1. The zero-order valence-electron chi connectivity index (χ0n) is 11.5. The highest BCUT2D eigenvalue weighted by Crippen LogP contribution is 2.18. The molecule has 3 aromatic rings. The number of furan rings is 1. The molecule has 5 nitrogen and oxygen atoms in total. The zero-order chi connectivity index (χ0) is 13.8. The number of fused-ring (bicyclic) bond motifs is 1. The highest BCUT2D eigenvalue weighted by atomic mass is 16.3. The topological polar surface area (TPSA) is 55.9 Å². The summed E-state index contributed by atoms with van der Waals surface area (Å²) in [6.07, 6.45) is 6.42. The van der Waals surface area contributed by atoms with Crippen LogP contribution in [0.3, 0.4) is 0 Å². The average molecular weight is 270 g/mol. The van der Waals surface area contributed by atoms with Gasteiger partial charge < -0.3 is 9.84 Å². The minimum Gasteiger partial charge on any atom is -0.469 e. The molecule has 0 aliphatic rings. The molecule has 0 bridgehead atoms. The maximum atomic E-state index is 5.40. The van der Waals surface area contributed by atoms with E-state index >= 15 is 0 Å². The summed E-state index contributed by atoms with van der Waals surface area (Å²) >= 11 is 0. The molecule has 5 heteroatoms. The van der Waals surface area contributed by atoms with E-state index in [4.69, 9.17) is 4.42 Å². The Hall–Kier alpha value is -2.30. The molecular formula is C15H18N4O. The van der Waals surface area contributed by atoms with Gasteiger partial charge in [0.1, 0.15) is 5.76 Å². The molecule has 0 saturated heterocycles. The van der Waals surface area contributed by atoms with Gasteiger partial charge in [0.05, 0.1) is 18.4 Å². The number of rotatable bonds is 6. The van der Waals surface area contributed by atoms with Gasteiger partial charge in [0.25, 0.3) is 0 Å². The third kappa shape index (κ3) is 2.52. The van der Waals surface area contributed by atoms with Gasteiger partial charge in [-0.1, -0.05) is 13.3 Å². The third-order valence-corrected chi connectivity index (χ3v) is 3.23. The number of unbranched alkanes of at least 4 members (excludes halogenated alkanes) is 1. The minimum absolute atomic E-state index is 0.678. The molecule has 0 spiro atoms. The summed E-state index contributed by atoms with van der Waals surface area (Å²) in [7, 11) is 0. The Morgan fingerprint density at radius 3 is 3.05 bits per heavy atom. The van der Waals surface area contributed by atoms with Gasteiger partial charge in [0.2, 0.25) is 0 Å². The predicted molar refractivity (Wildman–Crippen MR) is 78.2 cm³/mol. The van der Waals surface area contributed by atoms with E-state index in [-0.39, 0.29) is 0 Å². The summed E-state index contributed by atoms with van der Waals surface area (Å²) in [5, 5.41) is 5.68. The van der Waals surface area contributed by atoms with Crippen molar-refractivity contribution >= 4 is 11.0 Å². The van der Waals surface area contributed by atoms with Crippen LogP contribution in [0.4, 0.5) is 0 Å². The fourth-order valence-electron chi connectivity index (χ4n) is 2.19. The fourth-order valence-corrected chi connectivity index (χ4v) is 2.19. The second-order valence-electron chi connectivity index (χ2n) is 4.75. The van der Waals surface area contributed by atoms with Crippen LogP contribution in [0.25, 0.3) is 11.0 Å². The van der Waals surface area contributed by atoms with Crippen LogP contribution >= 0.6 is 0 Å². The third-order valence-electron chi connectivity index (χ3n) is 3.23. The van der Waals surface area contributed by atoms with Crippen LogP contribution in [0.2, 0.25) is 0 Å². The van der Waals surface area contributed by atoms with E-state index in [1.807, 2.05) is 24.3 Å². The Labute approximate surface area is 117 Å². The summed E-state index contributed by atoms with van der Waals surface area (Å²) < 4.78 is 5.40. The Morgan fingerprint density at radius 1 is 1.30 bits per heavy atom. The predicted octanol–water partition coefficient (Wildman–Crippen LogP) is 2.96. The second-order valence-corrected chi connectivity index (χ2v) is 4.75. The van der Waals surface area contributed by atoms with Crippen molar-refractivity contribution in [2.24, 2.45) is 0 Å².